The summed E-state index contributed by atoms with van der Waals surface area (Å²) in [7, 11) is 0. The highest BCUT2D eigenvalue weighted by molar-refractivity contribution is 7.12. The second-order valence-electron chi connectivity index (χ2n) is 4.70. The molecule has 1 amide bonds. The number of nitrogens with one attached hydrogen (secondary N) is 1. The Hall–Kier alpha value is -1.56. The summed E-state index contributed by atoms with van der Waals surface area (Å²) in [6.07, 6.45) is 0. The quantitative estimate of drug-likeness (QED) is 0.940. The molecule has 21 heavy (non-hydrogen) atoms. The predicted molar refractivity (Wildman–Crippen MR) is 86.8 cm³/mol. The minimum absolute atomic E-state index is 0.111. The zero-order valence-electron chi connectivity index (χ0n) is 11.3. The van der Waals surface area contributed by atoms with Gasteiger partial charge in [-0.3, -0.25) is 4.79 Å². The molecule has 6 heteroatoms. The minimum Gasteiger partial charge on any atom is -0.378 e. The van der Waals surface area contributed by atoms with E-state index in [1.54, 1.807) is 12.1 Å². The maximum atomic E-state index is 12.0. The van der Waals surface area contributed by atoms with E-state index in [1.807, 2.05) is 23.6 Å². The number of amides is 1. The normalized spacial score (nSPS) is 15.0. The first kappa shape index (κ1) is 14.4. The van der Waals surface area contributed by atoms with E-state index in [9.17, 15) is 4.79 Å². The average Bonchev–Trinajstić information content (AvgIpc) is 3.02. The molecule has 1 aliphatic heterocycles. The van der Waals surface area contributed by atoms with Crippen molar-refractivity contribution < 1.29 is 9.53 Å². The van der Waals surface area contributed by atoms with Gasteiger partial charge in [0.15, 0.2) is 0 Å². The molecule has 4 nitrogen and oxygen atoms in total. The SMILES string of the molecule is O=C(Nc1ccc(N2CCOCC2)c(Cl)c1)c1cccs1. The van der Waals surface area contributed by atoms with Crippen LogP contribution < -0.4 is 10.2 Å². The molecular formula is C15H15ClN2O2S. The molecule has 1 fully saturated rings. The zero-order chi connectivity index (χ0) is 14.7. The average molecular weight is 323 g/mol. The fraction of sp³-hybridized carbons (Fsp3) is 0.267. The van der Waals surface area contributed by atoms with E-state index in [0.717, 1.165) is 18.8 Å². The number of ether oxygens (including phenoxy) is 1. The number of rotatable bonds is 3. The Bertz CT molecular complexity index is 625. The largest absolute Gasteiger partial charge is 0.378 e. The Balaban J connectivity index is 1.73. The van der Waals surface area contributed by atoms with Crippen molar-refractivity contribution in [1.29, 1.82) is 0 Å². The molecule has 0 saturated carbocycles. The minimum atomic E-state index is -0.111. The van der Waals surface area contributed by atoms with Crippen LogP contribution in [0.4, 0.5) is 11.4 Å². The molecule has 0 spiro atoms. The number of hydrogen-bond donors (Lipinski definition) is 1. The van der Waals surface area contributed by atoms with Gasteiger partial charge in [0.05, 0.1) is 28.8 Å². The van der Waals surface area contributed by atoms with E-state index in [2.05, 4.69) is 10.2 Å². The van der Waals surface area contributed by atoms with Crippen LogP contribution in [0.5, 0.6) is 0 Å². The molecule has 2 aromatic rings. The van der Waals surface area contributed by atoms with Gasteiger partial charge < -0.3 is 15.0 Å². The Morgan fingerprint density at radius 1 is 1.29 bits per heavy atom. The summed E-state index contributed by atoms with van der Waals surface area (Å²) in [6, 6.07) is 9.26. The number of thiophene rings is 1. The van der Waals surface area contributed by atoms with Gasteiger partial charge >= 0.3 is 0 Å². The van der Waals surface area contributed by atoms with Crippen molar-refractivity contribution in [3.05, 3.63) is 45.6 Å². The van der Waals surface area contributed by atoms with Crippen LogP contribution in [0.3, 0.4) is 0 Å². The Labute approximate surface area is 132 Å². The molecule has 110 valence electrons. The van der Waals surface area contributed by atoms with Crippen molar-refractivity contribution in [2.24, 2.45) is 0 Å². The van der Waals surface area contributed by atoms with Gasteiger partial charge in [-0.2, -0.15) is 0 Å². The van der Waals surface area contributed by atoms with Crippen molar-refractivity contribution >= 4 is 40.2 Å². The zero-order valence-corrected chi connectivity index (χ0v) is 12.9. The lowest BCUT2D eigenvalue weighted by Gasteiger charge is -2.29. The summed E-state index contributed by atoms with van der Waals surface area (Å²) in [4.78, 5) is 14.9. The highest BCUT2D eigenvalue weighted by Crippen LogP contribution is 2.29. The number of benzene rings is 1. The number of halogens is 1. The summed E-state index contributed by atoms with van der Waals surface area (Å²) >= 11 is 7.75. The summed E-state index contributed by atoms with van der Waals surface area (Å²) in [5.41, 5.74) is 1.68. The van der Waals surface area contributed by atoms with E-state index in [0.29, 0.717) is 28.8 Å². The Morgan fingerprint density at radius 2 is 2.10 bits per heavy atom. The lowest BCUT2D eigenvalue weighted by Crippen LogP contribution is -2.36. The van der Waals surface area contributed by atoms with Crippen molar-refractivity contribution in [3.63, 3.8) is 0 Å². The molecule has 3 rings (SSSR count). The molecule has 1 saturated heterocycles. The second kappa shape index (κ2) is 6.47. The molecular weight excluding hydrogens is 308 g/mol. The molecule has 2 heterocycles. The number of hydrogen-bond acceptors (Lipinski definition) is 4. The van der Waals surface area contributed by atoms with Gasteiger partial charge in [-0.15, -0.1) is 11.3 Å². The fourth-order valence-corrected chi connectivity index (χ4v) is 3.16. The molecule has 0 unspecified atom stereocenters. The topological polar surface area (TPSA) is 41.6 Å². The summed E-state index contributed by atoms with van der Waals surface area (Å²) in [5, 5.41) is 5.38. The second-order valence-corrected chi connectivity index (χ2v) is 6.05. The van der Waals surface area contributed by atoms with Crippen LogP contribution in [-0.2, 0) is 4.74 Å². The van der Waals surface area contributed by atoms with Gasteiger partial charge in [-0.05, 0) is 29.6 Å². The lowest BCUT2D eigenvalue weighted by atomic mass is 10.2. The van der Waals surface area contributed by atoms with Crippen LogP contribution in [0.2, 0.25) is 5.02 Å². The first-order valence-corrected chi connectivity index (χ1v) is 7.97. The van der Waals surface area contributed by atoms with Gasteiger partial charge in [0.2, 0.25) is 0 Å². The highest BCUT2D eigenvalue weighted by Gasteiger charge is 2.15. The molecule has 0 radical (unpaired) electrons. The van der Waals surface area contributed by atoms with E-state index in [4.69, 9.17) is 16.3 Å². The monoisotopic (exact) mass is 322 g/mol. The summed E-state index contributed by atoms with van der Waals surface area (Å²) < 4.78 is 5.34. The van der Waals surface area contributed by atoms with Crippen LogP contribution in [-0.4, -0.2) is 32.2 Å². The molecule has 1 N–H and O–H groups in total. The third kappa shape index (κ3) is 3.37. The van der Waals surface area contributed by atoms with Crippen molar-refractivity contribution in [3.8, 4) is 0 Å². The van der Waals surface area contributed by atoms with Crippen LogP contribution >= 0.6 is 22.9 Å². The van der Waals surface area contributed by atoms with Crippen molar-refractivity contribution in [2.45, 2.75) is 0 Å². The van der Waals surface area contributed by atoms with E-state index in [1.165, 1.54) is 11.3 Å². The van der Waals surface area contributed by atoms with Crippen LogP contribution in [0.25, 0.3) is 0 Å². The van der Waals surface area contributed by atoms with Crippen molar-refractivity contribution in [2.75, 3.05) is 36.5 Å². The standard InChI is InChI=1S/C15H15ClN2O2S/c16-12-10-11(17-15(19)14-2-1-9-21-14)3-4-13(12)18-5-7-20-8-6-18/h1-4,9-10H,5-8H2,(H,17,19). The van der Waals surface area contributed by atoms with Gasteiger partial charge in [0.1, 0.15) is 0 Å². The smallest absolute Gasteiger partial charge is 0.265 e. The predicted octanol–water partition coefficient (Wildman–Crippen LogP) is 3.49. The molecule has 0 aliphatic carbocycles. The lowest BCUT2D eigenvalue weighted by molar-refractivity contribution is 0.103. The van der Waals surface area contributed by atoms with Gasteiger partial charge in [0.25, 0.3) is 5.91 Å². The first-order valence-electron chi connectivity index (χ1n) is 6.71. The summed E-state index contributed by atoms with van der Waals surface area (Å²) in [5.74, 6) is -0.111. The maximum Gasteiger partial charge on any atom is 0.265 e. The molecule has 1 aromatic carbocycles. The van der Waals surface area contributed by atoms with Gasteiger partial charge in [0, 0.05) is 18.8 Å². The fourth-order valence-electron chi connectivity index (χ4n) is 2.25. The third-order valence-corrected chi connectivity index (χ3v) is 4.47. The van der Waals surface area contributed by atoms with Gasteiger partial charge in [-0.25, -0.2) is 0 Å². The van der Waals surface area contributed by atoms with Crippen molar-refractivity contribution in [1.82, 2.24) is 0 Å². The Morgan fingerprint density at radius 3 is 2.76 bits per heavy atom. The van der Waals surface area contributed by atoms with E-state index >= 15 is 0 Å². The number of nitrogens with zero attached hydrogens (tertiary/aromatic N) is 1. The molecule has 0 atom stereocenters. The van der Waals surface area contributed by atoms with E-state index in [-0.39, 0.29) is 5.91 Å². The molecule has 1 aromatic heterocycles. The maximum absolute atomic E-state index is 12.0. The number of carbonyl (C=O) groups excluding carboxylic acids is 1. The molecule has 0 bridgehead atoms. The third-order valence-electron chi connectivity index (χ3n) is 3.30. The van der Waals surface area contributed by atoms with E-state index < -0.39 is 0 Å². The number of anilines is 2. The molecule has 1 aliphatic rings. The van der Waals surface area contributed by atoms with Crippen LogP contribution in [0.15, 0.2) is 35.7 Å². The number of carbonyl (C=O) groups is 1. The highest BCUT2D eigenvalue weighted by atomic mass is 35.5. The van der Waals surface area contributed by atoms with Crippen LogP contribution in [0.1, 0.15) is 9.67 Å². The first-order chi connectivity index (χ1) is 10.2. The Kier molecular flexibility index (Phi) is 4.43. The van der Waals surface area contributed by atoms with Crippen LogP contribution in [0, 0.1) is 0 Å². The van der Waals surface area contributed by atoms with Gasteiger partial charge in [-0.1, -0.05) is 17.7 Å². The summed E-state index contributed by atoms with van der Waals surface area (Å²) in [6.45, 7) is 3.10. The number of morpholine rings is 1.